The summed E-state index contributed by atoms with van der Waals surface area (Å²) in [5, 5.41) is 6.70. The van der Waals surface area contributed by atoms with E-state index in [2.05, 4.69) is 53.5 Å². The van der Waals surface area contributed by atoms with E-state index >= 15 is 0 Å². The minimum absolute atomic E-state index is 0.0597. The molecule has 0 atom stereocenters. The Morgan fingerprint density at radius 2 is 1.56 bits per heavy atom. The molecule has 0 saturated heterocycles. The van der Waals surface area contributed by atoms with Crippen molar-refractivity contribution in [2.75, 3.05) is 10.6 Å². The van der Waals surface area contributed by atoms with E-state index < -0.39 is 0 Å². The van der Waals surface area contributed by atoms with Crippen molar-refractivity contribution in [2.45, 2.75) is 39.8 Å². The summed E-state index contributed by atoms with van der Waals surface area (Å²) in [6, 6.07) is 19.9. The number of hydrogen-bond acceptors (Lipinski definition) is 5. The van der Waals surface area contributed by atoms with Crippen LogP contribution in [-0.4, -0.2) is 15.5 Å². The molecule has 3 aromatic rings. The molecule has 0 amide bonds. The third-order valence-electron chi connectivity index (χ3n) is 3.72. The van der Waals surface area contributed by atoms with Crippen LogP contribution in [0.4, 0.5) is 17.3 Å². The van der Waals surface area contributed by atoms with Crippen LogP contribution in [0.2, 0.25) is 0 Å². The van der Waals surface area contributed by atoms with Crippen molar-refractivity contribution in [2.24, 2.45) is 0 Å². The summed E-state index contributed by atoms with van der Waals surface area (Å²) in [4.78, 5) is 8.91. The predicted molar refractivity (Wildman–Crippen MR) is 111 cm³/mol. The Morgan fingerprint density at radius 3 is 2.22 bits per heavy atom. The second kappa shape index (κ2) is 8.08. The summed E-state index contributed by atoms with van der Waals surface area (Å²) in [7, 11) is 0. The van der Waals surface area contributed by atoms with Gasteiger partial charge in [0.2, 0.25) is 0 Å². The summed E-state index contributed by atoms with van der Waals surface area (Å²) >= 11 is 0. The lowest BCUT2D eigenvalue weighted by atomic mass is 10.1. The van der Waals surface area contributed by atoms with Gasteiger partial charge in [-0.15, -0.1) is 0 Å². The van der Waals surface area contributed by atoms with Crippen molar-refractivity contribution < 1.29 is 4.74 Å². The van der Waals surface area contributed by atoms with Crippen LogP contribution in [0.5, 0.6) is 5.75 Å². The van der Waals surface area contributed by atoms with Gasteiger partial charge in [0.05, 0.1) is 0 Å². The fourth-order valence-electron chi connectivity index (χ4n) is 2.60. The average Bonchev–Trinajstić information content (AvgIpc) is 2.60. The highest BCUT2D eigenvalue weighted by Crippen LogP contribution is 2.22. The summed E-state index contributed by atoms with van der Waals surface area (Å²) in [5.74, 6) is 3.11. The molecule has 1 heterocycles. The van der Waals surface area contributed by atoms with E-state index in [0.29, 0.717) is 6.61 Å². The van der Waals surface area contributed by atoms with Crippen LogP contribution in [-0.2, 0) is 6.61 Å². The van der Waals surface area contributed by atoms with Gasteiger partial charge < -0.3 is 15.4 Å². The predicted octanol–water partition coefficient (Wildman–Crippen LogP) is 5.32. The second-order valence-electron chi connectivity index (χ2n) is 7.48. The highest BCUT2D eigenvalue weighted by atomic mass is 16.5. The van der Waals surface area contributed by atoms with Crippen LogP contribution < -0.4 is 15.4 Å². The smallest absolute Gasteiger partial charge is 0.136 e. The number of rotatable bonds is 6. The molecule has 2 N–H and O–H groups in total. The van der Waals surface area contributed by atoms with E-state index in [-0.39, 0.29) is 5.54 Å². The molecule has 3 rings (SSSR count). The monoisotopic (exact) mass is 362 g/mol. The molecule has 0 aliphatic carbocycles. The molecule has 0 fully saturated rings. The average molecular weight is 362 g/mol. The first-order chi connectivity index (χ1) is 12.9. The molecule has 0 saturated carbocycles. The first kappa shape index (κ1) is 18.7. The van der Waals surface area contributed by atoms with Crippen molar-refractivity contribution in [3.05, 3.63) is 72.1 Å². The van der Waals surface area contributed by atoms with Gasteiger partial charge in [0.1, 0.15) is 29.8 Å². The van der Waals surface area contributed by atoms with Crippen LogP contribution in [0.1, 0.15) is 32.2 Å². The number of anilines is 3. The van der Waals surface area contributed by atoms with Gasteiger partial charge in [-0.05, 0) is 57.5 Å². The highest BCUT2D eigenvalue weighted by molar-refractivity contribution is 5.60. The maximum absolute atomic E-state index is 5.83. The van der Waals surface area contributed by atoms with Gasteiger partial charge in [0.25, 0.3) is 0 Å². The zero-order chi connectivity index (χ0) is 19.3. The fourth-order valence-corrected chi connectivity index (χ4v) is 2.60. The van der Waals surface area contributed by atoms with E-state index in [4.69, 9.17) is 4.74 Å². The van der Waals surface area contributed by atoms with Crippen LogP contribution in [0.25, 0.3) is 0 Å². The normalized spacial score (nSPS) is 11.1. The fraction of sp³-hybridized carbons (Fsp3) is 0.273. The molecule has 5 nitrogen and oxygen atoms in total. The van der Waals surface area contributed by atoms with Gasteiger partial charge in [0, 0.05) is 17.3 Å². The lowest BCUT2D eigenvalue weighted by Gasteiger charge is -2.21. The minimum Gasteiger partial charge on any atom is -0.489 e. The topological polar surface area (TPSA) is 59.1 Å². The maximum Gasteiger partial charge on any atom is 0.136 e. The molecule has 0 bridgehead atoms. The Morgan fingerprint density at radius 1 is 0.889 bits per heavy atom. The molecule has 5 heteroatoms. The Hall–Kier alpha value is -3.08. The molecule has 0 unspecified atom stereocenters. The first-order valence-corrected chi connectivity index (χ1v) is 9.05. The Bertz CT molecular complexity index is 871. The summed E-state index contributed by atoms with van der Waals surface area (Å²) in [5.41, 5.74) is 2.03. The Kier molecular flexibility index (Phi) is 5.60. The molecule has 140 valence electrons. The summed E-state index contributed by atoms with van der Waals surface area (Å²) in [6.07, 6.45) is 0. The van der Waals surface area contributed by atoms with E-state index in [1.165, 1.54) is 0 Å². The van der Waals surface area contributed by atoms with Gasteiger partial charge in [-0.25, -0.2) is 9.97 Å². The summed E-state index contributed by atoms with van der Waals surface area (Å²) < 4.78 is 5.83. The summed E-state index contributed by atoms with van der Waals surface area (Å²) in [6.45, 7) is 8.75. The molecule has 0 aliphatic rings. The number of aryl methyl sites for hydroxylation is 1. The van der Waals surface area contributed by atoms with Crippen molar-refractivity contribution in [3.8, 4) is 5.75 Å². The second-order valence-corrected chi connectivity index (χ2v) is 7.48. The van der Waals surface area contributed by atoms with Crippen molar-refractivity contribution >= 4 is 17.3 Å². The molecule has 0 aliphatic heterocycles. The molecular formula is C22H26N4O. The lowest BCUT2D eigenvalue weighted by Crippen LogP contribution is -2.26. The van der Waals surface area contributed by atoms with Gasteiger partial charge in [-0.3, -0.25) is 0 Å². The quantitative estimate of drug-likeness (QED) is 0.622. The number of ether oxygens (including phenoxy) is 1. The van der Waals surface area contributed by atoms with Crippen LogP contribution in [0.3, 0.4) is 0 Å². The van der Waals surface area contributed by atoms with Crippen molar-refractivity contribution in [1.82, 2.24) is 9.97 Å². The third kappa shape index (κ3) is 5.99. The molecule has 2 aromatic carbocycles. The number of nitrogens with one attached hydrogen (secondary N) is 2. The molecule has 0 spiro atoms. The van der Waals surface area contributed by atoms with Crippen molar-refractivity contribution in [3.63, 3.8) is 0 Å². The van der Waals surface area contributed by atoms with E-state index in [9.17, 15) is 0 Å². The largest absolute Gasteiger partial charge is 0.489 e. The molecule has 27 heavy (non-hydrogen) atoms. The highest BCUT2D eigenvalue weighted by Gasteiger charge is 2.11. The zero-order valence-electron chi connectivity index (χ0n) is 16.3. The Balaban J connectivity index is 1.64. The minimum atomic E-state index is -0.0597. The van der Waals surface area contributed by atoms with Gasteiger partial charge in [-0.1, -0.05) is 30.3 Å². The van der Waals surface area contributed by atoms with Crippen LogP contribution in [0, 0.1) is 6.92 Å². The van der Waals surface area contributed by atoms with E-state index in [1.807, 2.05) is 55.5 Å². The number of nitrogens with zero attached hydrogens (tertiary/aromatic N) is 2. The van der Waals surface area contributed by atoms with Gasteiger partial charge >= 0.3 is 0 Å². The van der Waals surface area contributed by atoms with Crippen LogP contribution in [0.15, 0.2) is 60.7 Å². The van der Waals surface area contributed by atoms with Gasteiger partial charge in [0.15, 0.2) is 0 Å². The first-order valence-electron chi connectivity index (χ1n) is 9.05. The third-order valence-corrected chi connectivity index (χ3v) is 3.72. The van der Waals surface area contributed by atoms with E-state index in [0.717, 1.165) is 34.5 Å². The van der Waals surface area contributed by atoms with E-state index in [1.54, 1.807) is 0 Å². The van der Waals surface area contributed by atoms with Crippen LogP contribution >= 0.6 is 0 Å². The number of hydrogen-bond donors (Lipinski definition) is 2. The lowest BCUT2D eigenvalue weighted by molar-refractivity contribution is 0.306. The SMILES string of the molecule is Cc1nc(Nc2ccc(OCc3ccccc3)cc2)cc(NC(C)(C)C)n1. The Labute approximate surface area is 160 Å². The molecule has 0 radical (unpaired) electrons. The zero-order valence-corrected chi connectivity index (χ0v) is 16.3. The van der Waals surface area contributed by atoms with Crippen molar-refractivity contribution in [1.29, 1.82) is 0 Å². The van der Waals surface area contributed by atoms with Gasteiger partial charge in [-0.2, -0.15) is 0 Å². The molecular weight excluding hydrogens is 336 g/mol. The number of benzene rings is 2. The number of aromatic nitrogens is 2. The molecule has 1 aromatic heterocycles. The standard InChI is InChI=1S/C22H26N4O/c1-16-23-20(14-21(24-16)26-22(2,3)4)25-18-10-12-19(13-11-18)27-15-17-8-6-5-7-9-17/h5-14H,15H2,1-4H3,(H2,23,24,25,26). The maximum atomic E-state index is 5.83.